The van der Waals surface area contributed by atoms with Crippen LogP contribution >= 0.6 is 23.1 Å². The summed E-state index contributed by atoms with van der Waals surface area (Å²) >= 11 is 3.03. The van der Waals surface area contributed by atoms with E-state index in [0.29, 0.717) is 12.5 Å². The maximum Gasteiger partial charge on any atom is 0.197 e. The van der Waals surface area contributed by atoms with Gasteiger partial charge >= 0.3 is 0 Å². The topological polar surface area (TPSA) is 70.9 Å². The molecule has 0 fully saturated rings. The molecule has 2 rings (SSSR count). The molecule has 0 bridgehead atoms. The third kappa shape index (κ3) is 7.10. The standard InChI is InChI=1S/C20H27N5OS2/c1-5-8-16(15(3)6-2)11-26-14-27-12-17(21-4)18-13-28-20(24-18)25-19-22-9-7-10-23-19/h5-6,8,12-13H,1,4,7,9-11,14H2,2-3H3,(H2,22,23,24,25)/b15-6-,16-8-,17-12-. The highest BCUT2D eigenvalue weighted by Gasteiger charge is 2.09. The van der Waals surface area contributed by atoms with Crippen LogP contribution in [0.1, 0.15) is 26.0 Å². The van der Waals surface area contributed by atoms with Crippen LogP contribution in [0, 0.1) is 0 Å². The Morgan fingerprint density at radius 2 is 2.39 bits per heavy atom. The highest BCUT2D eigenvalue weighted by atomic mass is 32.2. The molecule has 0 unspecified atom stereocenters. The lowest BCUT2D eigenvalue weighted by atomic mass is 10.1. The van der Waals surface area contributed by atoms with Crippen molar-refractivity contribution >= 4 is 46.6 Å². The minimum Gasteiger partial charge on any atom is -0.366 e. The number of ether oxygens (including phenoxy) is 1. The summed E-state index contributed by atoms with van der Waals surface area (Å²) in [6, 6.07) is 0. The zero-order valence-electron chi connectivity index (χ0n) is 16.4. The maximum absolute atomic E-state index is 5.75. The Bertz CT molecular complexity index is 792. The summed E-state index contributed by atoms with van der Waals surface area (Å²) in [6.45, 7) is 13.8. The van der Waals surface area contributed by atoms with E-state index in [1.54, 1.807) is 6.08 Å². The van der Waals surface area contributed by atoms with Crippen molar-refractivity contribution in [1.82, 2.24) is 10.3 Å². The van der Waals surface area contributed by atoms with Crippen LogP contribution in [-0.4, -0.2) is 43.3 Å². The third-order valence-corrected chi connectivity index (χ3v) is 5.37. The molecule has 2 heterocycles. The highest BCUT2D eigenvalue weighted by molar-refractivity contribution is 8.02. The van der Waals surface area contributed by atoms with Crippen LogP contribution < -0.4 is 10.6 Å². The third-order valence-electron chi connectivity index (χ3n) is 3.92. The largest absolute Gasteiger partial charge is 0.366 e. The lowest BCUT2D eigenvalue weighted by Crippen LogP contribution is -2.35. The smallest absolute Gasteiger partial charge is 0.197 e. The van der Waals surface area contributed by atoms with Crippen LogP contribution in [0.4, 0.5) is 5.13 Å². The lowest BCUT2D eigenvalue weighted by Gasteiger charge is -2.14. The van der Waals surface area contributed by atoms with Crippen molar-refractivity contribution in [1.29, 1.82) is 0 Å². The molecule has 0 radical (unpaired) electrons. The first-order chi connectivity index (χ1) is 13.7. The zero-order valence-corrected chi connectivity index (χ0v) is 18.0. The van der Waals surface area contributed by atoms with Gasteiger partial charge in [-0.05, 0) is 38.1 Å². The Kier molecular flexibility index (Phi) is 9.74. The van der Waals surface area contributed by atoms with Crippen molar-refractivity contribution in [2.75, 3.05) is 31.0 Å². The van der Waals surface area contributed by atoms with Gasteiger partial charge < -0.3 is 15.4 Å². The Morgan fingerprint density at radius 1 is 1.54 bits per heavy atom. The van der Waals surface area contributed by atoms with Crippen molar-refractivity contribution < 1.29 is 4.74 Å². The van der Waals surface area contributed by atoms with E-state index in [4.69, 9.17) is 4.74 Å². The van der Waals surface area contributed by atoms with Gasteiger partial charge in [0.25, 0.3) is 0 Å². The molecule has 0 aliphatic carbocycles. The van der Waals surface area contributed by atoms with Gasteiger partial charge in [0.05, 0.1) is 18.2 Å². The Morgan fingerprint density at radius 3 is 3.07 bits per heavy atom. The first kappa shape index (κ1) is 22.1. The van der Waals surface area contributed by atoms with E-state index in [0.717, 1.165) is 47.6 Å². The van der Waals surface area contributed by atoms with Gasteiger partial charge in [-0.15, -0.1) is 23.1 Å². The average molecular weight is 418 g/mol. The summed E-state index contributed by atoms with van der Waals surface area (Å²) < 4.78 is 5.75. The van der Waals surface area contributed by atoms with Crippen LogP contribution in [0.3, 0.4) is 0 Å². The number of nitrogens with zero attached hydrogens (tertiary/aromatic N) is 3. The highest BCUT2D eigenvalue weighted by Crippen LogP contribution is 2.24. The van der Waals surface area contributed by atoms with Gasteiger partial charge in [-0.25, -0.2) is 4.98 Å². The van der Waals surface area contributed by atoms with Crippen molar-refractivity contribution in [3.63, 3.8) is 0 Å². The number of rotatable bonds is 10. The number of allylic oxidation sites excluding steroid dienone is 3. The fraction of sp³-hybridized carbons (Fsp3) is 0.350. The first-order valence-corrected chi connectivity index (χ1v) is 10.9. The minimum absolute atomic E-state index is 0.514. The van der Waals surface area contributed by atoms with Gasteiger partial charge in [-0.2, -0.15) is 0 Å². The molecule has 0 saturated heterocycles. The van der Waals surface area contributed by atoms with E-state index in [-0.39, 0.29) is 0 Å². The monoisotopic (exact) mass is 417 g/mol. The fourth-order valence-corrected chi connectivity index (χ4v) is 3.58. The fourth-order valence-electron chi connectivity index (χ4n) is 2.28. The number of thiazole rings is 1. The van der Waals surface area contributed by atoms with Gasteiger partial charge in [0.1, 0.15) is 5.69 Å². The van der Waals surface area contributed by atoms with Crippen molar-refractivity contribution in [3.8, 4) is 0 Å². The molecule has 0 atom stereocenters. The normalized spacial score (nSPS) is 15.6. The number of hydrogen-bond donors (Lipinski definition) is 2. The second-order valence-electron chi connectivity index (χ2n) is 5.87. The van der Waals surface area contributed by atoms with E-state index >= 15 is 0 Å². The SMILES string of the molecule is C=C/C=C(COCS/C=C(\N=C)c1csc(NC2=NCCCN2)n1)\C(C)=C/C. The number of aromatic nitrogens is 1. The average Bonchev–Trinajstić information content (AvgIpc) is 3.18. The van der Waals surface area contributed by atoms with E-state index in [2.05, 4.69) is 51.9 Å². The number of guanidine groups is 1. The molecule has 1 aromatic heterocycles. The van der Waals surface area contributed by atoms with Gasteiger partial charge in [-0.3, -0.25) is 9.98 Å². The Balaban J connectivity index is 1.86. The molecule has 8 heteroatoms. The number of hydrogen-bond acceptors (Lipinski definition) is 8. The Labute approximate surface area is 175 Å². The Hall–Kier alpha value is -2.16. The molecule has 6 nitrogen and oxygen atoms in total. The molecule has 0 spiro atoms. The number of anilines is 1. The molecule has 0 aromatic carbocycles. The maximum atomic E-state index is 5.75. The van der Waals surface area contributed by atoms with Crippen LogP contribution in [0.5, 0.6) is 0 Å². The predicted molar refractivity (Wildman–Crippen MR) is 124 cm³/mol. The molecule has 1 aromatic rings. The first-order valence-electron chi connectivity index (χ1n) is 9.00. The second kappa shape index (κ2) is 12.3. The van der Waals surface area contributed by atoms with Gasteiger partial charge in [0.2, 0.25) is 0 Å². The summed E-state index contributed by atoms with van der Waals surface area (Å²) in [5.74, 6) is 1.28. The predicted octanol–water partition coefficient (Wildman–Crippen LogP) is 4.69. The molecule has 1 aliphatic rings. The summed E-state index contributed by atoms with van der Waals surface area (Å²) in [5.41, 5.74) is 3.82. The zero-order chi connectivity index (χ0) is 20.2. The lowest BCUT2D eigenvalue weighted by molar-refractivity contribution is 0.211. The van der Waals surface area contributed by atoms with Crippen LogP contribution in [0.15, 0.2) is 56.7 Å². The van der Waals surface area contributed by atoms with Crippen molar-refractivity contribution in [2.45, 2.75) is 20.3 Å². The molecule has 0 saturated carbocycles. The van der Waals surface area contributed by atoms with Crippen LogP contribution in [0.2, 0.25) is 0 Å². The molecule has 1 aliphatic heterocycles. The van der Waals surface area contributed by atoms with Crippen LogP contribution in [0.25, 0.3) is 5.70 Å². The number of nitrogens with one attached hydrogen (secondary N) is 2. The minimum atomic E-state index is 0.514. The number of thioether (sulfide) groups is 1. The molecule has 2 N–H and O–H groups in total. The second-order valence-corrected chi connectivity index (χ2v) is 7.53. The van der Waals surface area contributed by atoms with E-state index in [9.17, 15) is 0 Å². The molecular formula is C20H27N5OS2. The summed E-state index contributed by atoms with van der Waals surface area (Å²) in [6.07, 6.45) is 6.87. The van der Waals surface area contributed by atoms with Crippen LogP contribution in [-0.2, 0) is 4.74 Å². The van der Waals surface area contributed by atoms with Gasteiger partial charge in [-0.1, -0.05) is 24.8 Å². The van der Waals surface area contributed by atoms with E-state index in [1.165, 1.54) is 28.7 Å². The molecule has 0 amide bonds. The molecule has 28 heavy (non-hydrogen) atoms. The summed E-state index contributed by atoms with van der Waals surface area (Å²) in [7, 11) is 0. The molecular weight excluding hydrogens is 390 g/mol. The van der Waals surface area contributed by atoms with Gasteiger partial charge in [0.15, 0.2) is 11.1 Å². The van der Waals surface area contributed by atoms with E-state index in [1.807, 2.05) is 23.8 Å². The van der Waals surface area contributed by atoms with E-state index < -0.39 is 0 Å². The molecule has 150 valence electrons. The quantitative estimate of drug-likeness (QED) is 0.250. The summed E-state index contributed by atoms with van der Waals surface area (Å²) in [4.78, 5) is 13.0. The number of aliphatic imine (C=N–C) groups is 2. The summed E-state index contributed by atoms with van der Waals surface area (Å²) in [5, 5.41) is 11.1. The van der Waals surface area contributed by atoms with Crippen molar-refractivity contribution in [3.05, 3.63) is 52.4 Å². The van der Waals surface area contributed by atoms with Gasteiger partial charge in [0, 0.05) is 23.9 Å². The van der Waals surface area contributed by atoms with Crippen molar-refractivity contribution in [2.24, 2.45) is 9.98 Å².